The van der Waals surface area contributed by atoms with Crippen molar-refractivity contribution >= 4 is 9.84 Å². The smallest absolute Gasteiger partial charge is 0.183 e. The van der Waals surface area contributed by atoms with Gasteiger partial charge in [0, 0.05) is 11.6 Å². The highest BCUT2D eigenvalue weighted by Gasteiger charge is 2.40. The summed E-state index contributed by atoms with van der Waals surface area (Å²) in [6, 6.07) is 3.64. The molecule has 0 saturated carbocycles. The first kappa shape index (κ1) is 10.6. The highest BCUT2D eigenvalue weighted by atomic mass is 32.2. The van der Waals surface area contributed by atoms with Gasteiger partial charge < -0.3 is 5.73 Å². The van der Waals surface area contributed by atoms with Crippen LogP contribution in [0.15, 0.2) is 23.1 Å². The van der Waals surface area contributed by atoms with Crippen LogP contribution in [0.4, 0.5) is 4.39 Å². The topological polar surface area (TPSA) is 60.2 Å². The number of nitrogens with two attached hydrogens (primary N) is 1. The maximum atomic E-state index is 13.4. The summed E-state index contributed by atoms with van der Waals surface area (Å²) >= 11 is 0. The van der Waals surface area contributed by atoms with Gasteiger partial charge in [0.25, 0.3) is 0 Å². The Morgan fingerprint density at radius 1 is 1.53 bits per heavy atom. The number of benzene rings is 1. The van der Waals surface area contributed by atoms with Gasteiger partial charge in [0.05, 0.1) is 10.1 Å². The lowest BCUT2D eigenvalue weighted by molar-refractivity contribution is 0.566. The molecule has 2 atom stereocenters. The summed E-state index contributed by atoms with van der Waals surface area (Å²) in [4.78, 5) is 0.102. The Labute approximate surface area is 88.0 Å². The summed E-state index contributed by atoms with van der Waals surface area (Å²) < 4.78 is 37.2. The number of fused-ring (bicyclic) bond motifs is 1. The Balaban J connectivity index is 2.62. The monoisotopic (exact) mass is 229 g/mol. The molecule has 3 nitrogen and oxygen atoms in total. The average molecular weight is 229 g/mol. The van der Waals surface area contributed by atoms with Gasteiger partial charge in [-0.2, -0.15) is 0 Å². The Morgan fingerprint density at radius 3 is 2.73 bits per heavy atom. The van der Waals surface area contributed by atoms with Crippen molar-refractivity contribution in [1.82, 2.24) is 0 Å². The summed E-state index contributed by atoms with van der Waals surface area (Å²) in [6.07, 6.45) is 0.183. The lowest BCUT2D eigenvalue weighted by atomic mass is 10.1. The van der Waals surface area contributed by atoms with Gasteiger partial charge in [-0.1, -0.05) is 6.07 Å². The zero-order valence-electron chi connectivity index (χ0n) is 8.27. The summed E-state index contributed by atoms with van der Waals surface area (Å²) in [5.74, 6) is -0.459. The highest BCUT2D eigenvalue weighted by molar-refractivity contribution is 7.92. The molecule has 0 aromatic heterocycles. The molecule has 0 bridgehead atoms. The first-order valence-corrected chi connectivity index (χ1v) is 6.26. The van der Waals surface area contributed by atoms with Crippen molar-refractivity contribution < 1.29 is 12.8 Å². The number of sulfone groups is 1. The van der Waals surface area contributed by atoms with E-state index in [2.05, 4.69) is 0 Å². The van der Waals surface area contributed by atoms with Crippen molar-refractivity contribution in [2.24, 2.45) is 5.73 Å². The van der Waals surface area contributed by atoms with E-state index < -0.39 is 26.9 Å². The first-order valence-electron chi connectivity index (χ1n) is 4.71. The van der Waals surface area contributed by atoms with Crippen LogP contribution >= 0.6 is 0 Å². The third-order valence-electron chi connectivity index (χ3n) is 2.77. The molecule has 0 aliphatic carbocycles. The van der Waals surface area contributed by atoms with Crippen LogP contribution in [0.2, 0.25) is 0 Å². The Kier molecular flexibility index (Phi) is 2.31. The molecular weight excluding hydrogens is 217 g/mol. The van der Waals surface area contributed by atoms with Gasteiger partial charge >= 0.3 is 0 Å². The van der Waals surface area contributed by atoms with Crippen LogP contribution in [-0.4, -0.2) is 19.7 Å². The van der Waals surface area contributed by atoms with Crippen molar-refractivity contribution in [1.29, 1.82) is 0 Å². The molecule has 0 amide bonds. The van der Waals surface area contributed by atoms with Gasteiger partial charge in [-0.25, -0.2) is 12.8 Å². The summed E-state index contributed by atoms with van der Waals surface area (Å²) in [5.41, 5.74) is 5.88. The minimum absolute atomic E-state index is 0.102. The largest absolute Gasteiger partial charge is 0.327 e. The van der Waals surface area contributed by atoms with E-state index in [0.717, 1.165) is 0 Å². The van der Waals surface area contributed by atoms with Crippen LogP contribution in [0.3, 0.4) is 0 Å². The molecule has 0 radical (unpaired) electrons. The Morgan fingerprint density at radius 2 is 2.20 bits per heavy atom. The van der Waals surface area contributed by atoms with Crippen molar-refractivity contribution in [2.75, 3.05) is 0 Å². The zero-order chi connectivity index (χ0) is 11.2. The molecule has 1 aromatic carbocycles. The van der Waals surface area contributed by atoms with Gasteiger partial charge in [0.15, 0.2) is 9.84 Å². The van der Waals surface area contributed by atoms with Gasteiger partial charge in [-0.05, 0) is 25.5 Å². The molecule has 0 spiro atoms. The zero-order valence-corrected chi connectivity index (χ0v) is 9.09. The van der Waals surface area contributed by atoms with Gasteiger partial charge in [-0.15, -0.1) is 0 Å². The second kappa shape index (κ2) is 3.28. The minimum Gasteiger partial charge on any atom is -0.327 e. The number of rotatable bonds is 1. The molecule has 1 aliphatic heterocycles. The average Bonchev–Trinajstić information content (AvgIpc) is 2.40. The Bertz CT molecular complexity index is 496. The van der Waals surface area contributed by atoms with Crippen LogP contribution in [0.1, 0.15) is 12.5 Å². The van der Waals surface area contributed by atoms with Crippen LogP contribution in [0.5, 0.6) is 0 Å². The molecule has 0 saturated heterocycles. The van der Waals surface area contributed by atoms with Crippen molar-refractivity contribution in [3.05, 3.63) is 29.6 Å². The van der Waals surface area contributed by atoms with Crippen LogP contribution in [-0.2, 0) is 16.3 Å². The maximum absolute atomic E-state index is 13.4. The predicted molar refractivity (Wildman–Crippen MR) is 54.7 cm³/mol. The molecule has 2 rings (SSSR count). The molecule has 5 heteroatoms. The van der Waals surface area contributed by atoms with E-state index in [1.807, 2.05) is 0 Å². The fraction of sp³-hybridized carbons (Fsp3) is 0.400. The molecule has 2 unspecified atom stereocenters. The van der Waals surface area contributed by atoms with Crippen molar-refractivity contribution in [3.8, 4) is 0 Å². The lowest BCUT2D eigenvalue weighted by Crippen LogP contribution is -2.36. The van der Waals surface area contributed by atoms with E-state index in [-0.39, 0.29) is 16.9 Å². The third kappa shape index (κ3) is 1.46. The van der Waals surface area contributed by atoms with E-state index in [1.165, 1.54) is 18.2 Å². The Hall–Kier alpha value is -0.940. The normalized spacial score (nSPS) is 24.9. The fourth-order valence-corrected chi connectivity index (χ4v) is 4.02. The van der Waals surface area contributed by atoms with E-state index >= 15 is 0 Å². The SMILES string of the molecule is CC(N)C1Cc2c(F)cccc2S1(=O)=O. The highest BCUT2D eigenvalue weighted by Crippen LogP contribution is 2.33. The molecule has 1 heterocycles. The molecule has 1 aromatic rings. The van der Waals surface area contributed by atoms with E-state index in [0.29, 0.717) is 0 Å². The second-order valence-corrected chi connectivity index (χ2v) is 6.00. The maximum Gasteiger partial charge on any atom is 0.183 e. The third-order valence-corrected chi connectivity index (χ3v) is 5.16. The second-order valence-electron chi connectivity index (χ2n) is 3.86. The molecule has 0 fully saturated rings. The lowest BCUT2D eigenvalue weighted by Gasteiger charge is -2.12. The summed E-state index contributed by atoms with van der Waals surface area (Å²) in [5, 5.41) is -0.690. The molecule has 1 aliphatic rings. The molecular formula is C10H12FNO2S. The number of halogens is 1. The van der Waals surface area contributed by atoms with E-state index in [1.54, 1.807) is 6.92 Å². The number of hydrogen-bond acceptors (Lipinski definition) is 3. The first-order chi connectivity index (χ1) is 6.94. The minimum atomic E-state index is -3.43. The molecule has 2 N–H and O–H groups in total. The number of hydrogen-bond donors (Lipinski definition) is 1. The van der Waals surface area contributed by atoms with E-state index in [9.17, 15) is 12.8 Å². The molecule has 15 heavy (non-hydrogen) atoms. The van der Waals surface area contributed by atoms with Gasteiger partial charge in [-0.3, -0.25) is 0 Å². The van der Waals surface area contributed by atoms with Crippen LogP contribution < -0.4 is 5.73 Å². The quantitative estimate of drug-likeness (QED) is 0.777. The van der Waals surface area contributed by atoms with Gasteiger partial charge in [0.2, 0.25) is 0 Å². The predicted octanol–water partition coefficient (Wildman–Crippen LogP) is 0.871. The van der Waals surface area contributed by atoms with Crippen molar-refractivity contribution in [3.63, 3.8) is 0 Å². The fourth-order valence-electron chi connectivity index (χ4n) is 1.95. The van der Waals surface area contributed by atoms with Gasteiger partial charge in [0.1, 0.15) is 5.82 Å². The van der Waals surface area contributed by atoms with E-state index in [4.69, 9.17) is 5.73 Å². The van der Waals surface area contributed by atoms with Crippen molar-refractivity contribution in [2.45, 2.75) is 29.5 Å². The standard InChI is InChI=1S/C10H12FNO2S/c1-6(12)10-5-7-8(11)3-2-4-9(7)15(10,13)14/h2-4,6,10H,5,12H2,1H3. The molecule has 82 valence electrons. The van der Waals surface area contributed by atoms with Crippen LogP contribution in [0.25, 0.3) is 0 Å². The summed E-state index contributed by atoms with van der Waals surface area (Å²) in [7, 11) is -3.43. The van der Waals surface area contributed by atoms with Crippen LogP contribution in [0, 0.1) is 5.82 Å². The summed E-state index contributed by atoms with van der Waals surface area (Å²) in [6.45, 7) is 1.63.